The number of H-pyrrole nitrogens is 1. The molecular formula is C12H18N2O2. The Bertz CT molecular complexity index is 398. The Morgan fingerprint density at radius 1 is 1.44 bits per heavy atom. The van der Waals surface area contributed by atoms with Crippen molar-refractivity contribution in [2.75, 3.05) is 13.6 Å². The molecule has 0 fully saturated rings. The van der Waals surface area contributed by atoms with Gasteiger partial charge >= 0.3 is 0 Å². The predicted octanol–water partition coefficient (Wildman–Crippen LogP) is 1.64. The van der Waals surface area contributed by atoms with Crippen molar-refractivity contribution in [3.05, 3.63) is 34.2 Å². The first-order valence-electron chi connectivity index (χ1n) is 5.59. The maximum Gasteiger partial charge on any atom is 0.259 e. The van der Waals surface area contributed by atoms with Crippen molar-refractivity contribution in [3.63, 3.8) is 0 Å². The first kappa shape index (κ1) is 12.5. The van der Waals surface area contributed by atoms with Crippen molar-refractivity contribution >= 4 is 5.91 Å². The summed E-state index contributed by atoms with van der Waals surface area (Å²) in [6, 6.07) is 1.37. The molecule has 16 heavy (non-hydrogen) atoms. The third kappa shape index (κ3) is 3.22. The largest absolute Gasteiger partial charge is 0.367 e. The molecule has 0 aliphatic rings. The molecule has 88 valence electrons. The smallest absolute Gasteiger partial charge is 0.259 e. The molecule has 1 rings (SSSR count). The summed E-state index contributed by atoms with van der Waals surface area (Å²) in [5, 5.41) is 0. The van der Waals surface area contributed by atoms with Crippen molar-refractivity contribution in [3.8, 4) is 0 Å². The zero-order valence-corrected chi connectivity index (χ0v) is 9.82. The minimum absolute atomic E-state index is 0.210. The van der Waals surface area contributed by atoms with Crippen LogP contribution in [0.5, 0.6) is 0 Å². The summed E-state index contributed by atoms with van der Waals surface area (Å²) in [4.78, 5) is 27.6. The van der Waals surface area contributed by atoms with E-state index in [9.17, 15) is 9.59 Å². The Labute approximate surface area is 95.3 Å². The van der Waals surface area contributed by atoms with Crippen molar-refractivity contribution in [1.82, 2.24) is 9.88 Å². The summed E-state index contributed by atoms with van der Waals surface area (Å²) < 4.78 is 0. The third-order valence-corrected chi connectivity index (χ3v) is 2.50. The molecule has 4 nitrogen and oxygen atoms in total. The van der Waals surface area contributed by atoms with E-state index in [2.05, 4.69) is 11.9 Å². The van der Waals surface area contributed by atoms with E-state index >= 15 is 0 Å². The highest BCUT2D eigenvalue weighted by molar-refractivity contribution is 5.93. The number of carbonyl (C=O) groups excluding carboxylic acids is 1. The van der Waals surface area contributed by atoms with Crippen LogP contribution in [0.2, 0.25) is 0 Å². The normalized spacial score (nSPS) is 10.1. The number of unbranched alkanes of at least 4 members (excludes halogenated alkanes) is 2. The molecule has 0 aliphatic heterocycles. The number of carbonyl (C=O) groups is 1. The Kier molecular flexibility index (Phi) is 4.76. The highest BCUT2D eigenvalue weighted by Gasteiger charge is 2.13. The first-order chi connectivity index (χ1) is 7.66. The molecule has 0 radical (unpaired) electrons. The second-order valence-electron chi connectivity index (χ2n) is 3.86. The van der Waals surface area contributed by atoms with Gasteiger partial charge in [-0.3, -0.25) is 9.59 Å². The molecule has 0 bridgehead atoms. The van der Waals surface area contributed by atoms with Crippen LogP contribution in [0.25, 0.3) is 0 Å². The maximum atomic E-state index is 11.9. The molecule has 4 heteroatoms. The van der Waals surface area contributed by atoms with Gasteiger partial charge in [-0.05, 0) is 6.42 Å². The highest BCUT2D eigenvalue weighted by atomic mass is 16.2. The zero-order chi connectivity index (χ0) is 12.0. The summed E-state index contributed by atoms with van der Waals surface area (Å²) >= 11 is 0. The van der Waals surface area contributed by atoms with E-state index in [-0.39, 0.29) is 16.9 Å². The quantitative estimate of drug-likeness (QED) is 0.770. The van der Waals surface area contributed by atoms with E-state index in [0.29, 0.717) is 6.54 Å². The van der Waals surface area contributed by atoms with E-state index in [1.165, 1.54) is 18.5 Å². The Morgan fingerprint density at radius 2 is 2.19 bits per heavy atom. The van der Waals surface area contributed by atoms with Crippen molar-refractivity contribution < 1.29 is 4.79 Å². The van der Waals surface area contributed by atoms with Crippen LogP contribution in [0, 0.1) is 0 Å². The third-order valence-electron chi connectivity index (χ3n) is 2.50. The monoisotopic (exact) mass is 222 g/mol. The lowest BCUT2D eigenvalue weighted by molar-refractivity contribution is 0.0791. The second kappa shape index (κ2) is 6.10. The van der Waals surface area contributed by atoms with Crippen LogP contribution in [-0.4, -0.2) is 29.4 Å². The second-order valence-corrected chi connectivity index (χ2v) is 3.86. The van der Waals surface area contributed by atoms with Gasteiger partial charge in [-0.25, -0.2) is 0 Å². The average Bonchev–Trinajstić information content (AvgIpc) is 2.29. The van der Waals surface area contributed by atoms with Crippen LogP contribution in [0.1, 0.15) is 36.5 Å². The predicted molar refractivity (Wildman–Crippen MR) is 63.5 cm³/mol. The molecular weight excluding hydrogens is 204 g/mol. The average molecular weight is 222 g/mol. The fraction of sp³-hybridized carbons (Fsp3) is 0.500. The van der Waals surface area contributed by atoms with E-state index in [4.69, 9.17) is 0 Å². The van der Waals surface area contributed by atoms with Gasteiger partial charge in [-0.2, -0.15) is 0 Å². The molecule has 1 aromatic rings. The number of aromatic nitrogens is 1. The molecule has 1 N–H and O–H groups in total. The zero-order valence-electron chi connectivity index (χ0n) is 9.82. The van der Waals surface area contributed by atoms with Crippen LogP contribution in [0.15, 0.2) is 23.3 Å². The minimum Gasteiger partial charge on any atom is -0.367 e. The Balaban J connectivity index is 2.64. The minimum atomic E-state index is -0.230. The molecule has 0 atom stereocenters. The topological polar surface area (TPSA) is 53.2 Å². The highest BCUT2D eigenvalue weighted by Crippen LogP contribution is 2.00. The molecule has 1 heterocycles. The number of hydrogen-bond acceptors (Lipinski definition) is 2. The molecule has 1 aromatic heterocycles. The number of hydrogen-bond donors (Lipinski definition) is 1. The van der Waals surface area contributed by atoms with E-state index in [0.717, 1.165) is 19.3 Å². The molecule has 0 aromatic carbocycles. The van der Waals surface area contributed by atoms with Crippen LogP contribution in [-0.2, 0) is 0 Å². The number of nitrogens with one attached hydrogen (secondary N) is 1. The lowest BCUT2D eigenvalue weighted by Gasteiger charge is -2.16. The molecule has 0 saturated heterocycles. The van der Waals surface area contributed by atoms with Crippen LogP contribution in [0.3, 0.4) is 0 Å². The summed E-state index contributed by atoms with van der Waals surface area (Å²) in [6.45, 7) is 2.81. The van der Waals surface area contributed by atoms with Crippen molar-refractivity contribution in [2.45, 2.75) is 26.2 Å². The molecule has 0 unspecified atom stereocenters. The van der Waals surface area contributed by atoms with Gasteiger partial charge in [0, 0.05) is 32.1 Å². The fourth-order valence-electron chi connectivity index (χ4n) is 1.49. The lowest BCUT2D eigenvalue weighted by atomic mass is 10.2. The van der Waals surface area contributed by atoms with Crippen molar-refractivity contribution in [1.29, 1.82) is 0 Å². The van der Waals surface area contributed by atoms with Gasteiger partial charge in [-0.1, -0.05) is 19.8 Å². The Hall–Kier alpha value is -1.58. The molecule has 1 amide bonds. The van der Waals surface area contributed by atoms with Crippen molar-refractivity contribution in [2.24, 2.45) is 0 Å². The summed E-state index contributed by atoms with van der Waals surface area (Å²) in [5.74, 6) is -0.210. The summed E-state index contributed by atoms with van der Waals surface area (Å²) in [7, 11) is 1.73. The van der Waals surface area contributed by atoms with Crippen LogP contribution >= 0.6 is 0 Å². The van der Waals surface area contributed by atoms with E-state index < -0.39 is 0 Å². The van der Waals surface area contributed by atoms with Crippen LogP contribution in [0.4, 0.5) is 0 Å². The van der Waals surface area contributed by atoms with Gasteiger partial charge in [0.15, 0.2) is 5.43 Å². The number of aromatic amines is 1. The van der Waals surface area contributed by atoms with Gasteiger partial charge in [-0.15, -0.1) is 0 Å². The number of amides is 1. The molecule has 0 spiro atoms. The number of nitrogens with zero attached hydrogens (tertiary/aromatic N) is 1. The van der Waals surface area contributed by atoms with Gasteiger partial charge < -0.3 is 9.88 Å². The molecule has 0 saturated carbocycles. The fourth-order valence-corrected chi connectivity index (χ4v) is 1.49. The SMILES string of the molecule is CCCCCN(C)C(=O)c1c[nH]ccc1=O. The molecule has 0 aliphatic carbocycles. The standard InChI is InChI=1S/C12H18N2O2/c1-3-4-5-8-14(2)12(16)10-9-13-7-6-11(10)15/h6-7,9H,3-5,8H2,1-2H3,(H,13,15). The first-order valence-corrected chi connectivity index (χ1v) is 5.59. The van der Waals surface area contributed by atoms with E-state index in [1.54, 1.807) is 11.9 Å². The van der Waals surface area contributed by atoms with Crippen LogP contribution < -0.4 is 5.43 Å². The maximum absolute atomic E-state index is 11.9. The van der Waals surface area contributed by atoms with Gasteiger partial charge in [0.2, 0.25) is 0 Å². The number of rotatable bonds is 5. The van der Waals surface area contributed by atoms with Gasteiger partial charge in [0.25, 0.3) is 5.91 Å². The lowest BCUT2D eigenvalue weighted by Crippen LogP contribution is -2.31. The van der Waals surface area contributed by atoms with E-state index in [1.807, 2.05) is 0 Å². The Morgan fingerprint density at radius 3 is 2.81 bits per heavy atom. The summed E-state index contributed by atoms with van der Waals surface area (Å²) in [5.41, 5.74) is -0.0208. The number of pyridine rings is 1. The van der Waals surface area contributed by atoms with Gasteiger partial charge in [0.05, 0.1) is 0 Å². The summed E-state index contributed by atoms with van der Waals surface area (Å²) in [6.07, 6.45) is 6.18. The van der Waals surface area contributed by atoms with Gasteiger partial charge in [0.1, 0.15) is 5.56 Å².